The molecule has 1 aliphatic heterocycles. The Morgan fingerprint density at radius 1 is 0.378 bits per heavy atom. The molecule has 3 aromatic heterocycles. The van der Waals surface area contributed by atoms with E-state index in [9.17, 15) is 0 Å². The first-order chi connectivity index (χ1) is 48.1. The molecule has 0 radical (unpaired) electrons. The van der Waals surface area contributed by atoms with Crippen molar-refractivity contribution in [2.24, 2.45) is 17.3 Å². The third kappa shape index (κ3) is 9.50. The summed E-state index contributed by atoms with van der Waals surface area (Å²) in [6.45, 7) is 21.0. The van der Waals surface area contributed by atoms with E-state index in [0.717, 1.165) is 78.0 Å². The standard InChI is InChI=1S/C92H68N6/c1-7-57-21-29-61(30-22-57)67-37-44-83-75(49-67)76-50-68(62-31-23-58(8-2)24-32-62)38-45-84(76)96(83)71-42-48-87-79(53-71)80-55-74-73-43-41-72(54-81(73)92(5,6)82(74)56-88(80)98(87)91-94-89(65-17-13-11-14-18-65)93-90(95-91)66-19-15-12-16-20-66)97-85-46-39-69(63-33-25-59(9-3)26-34-63)51-77(85)78-52-70(40-47-86(78)97)64-35-27-60(10-4)28-36-64/h7-56,73,80-81,88H,1-4H2,5-6H3. The molecular weight excluding hydrogens is 1190 g/mol. The summed E-state index contributed by atoms with van der Waals surface area (Å²) in [5.41, 5.74) is 27.2. The molecule has 0 spiro atoms. The molecule has 0 bridgehead atoms. The summed E-state index contributed by atoms with van der Waals surface area (Å²) in [6.07, 6.45) is 20.3. The molecule has 3 aliphatic carbocycles. The van der Waals surface area contributed by atoms with Crippen molar-refractivity contribution in [2.45, 2.75) is 25.8 Å². The highest BCUT2D eigenvalue weighted by Crippen LogP contribution is 2.62. The molecule has 1 fully saturated rings. The van der Waals surface area contributed by atoms with Crippen LogP contribution in [0.5, 0.6) is 0 Å². The van der Waals surface area contributed by atoms with E-state index in [4.69, 9.17) is 15.0 Å². The Morgan fingerprint density at radius 3 is 1.20 bits per heavy atom. The Labute approximate surface area is 571 Å². The van der Waals surface area contributed by atoms with Crippen molar-refractivity contribution < 1.29 is 0 Å². The number of nitrogens with zero attached hydrogens (tertiary/aromatic N) is 6. The van der Waals surface area contributed by atoms with Crippen LogP contribution in [0.1, 0.15) is 47.6 Å². The molecule has 18 rings (SSSR count). The molecule has 0 N–H and O–H groups in total. The SMILES string of the molecule is C=Cc1ccc(-c2ccc3c(c2)c2cc(-c4ccc(C=C)cc4)ccc2n3C2=CC3C(C=C2)C2=CC4c5cc(-n6c7ccc(-c8ccc(C=C)cc8)cc7c7cc(-c8ccc(C=C)cc8)ccc76)ccc5N(c5nc(-c6ccccc6)nc(-c6ccccc6)n5)C4C=C2C3(C)C)cc1. The van der Waals surface area contributed by atoms with Crippen molar-refractivity contribution in [3.63, 3.8) is 0 Å². The van der Waals surface area contributed by atoms with Crippen molar-refractivity contribution in [1.29, 1.82) is 0 Å². The predicted molar refractivity (Wildman–Crippen MR) is 412 cm³/mol. The Balaban J connectivity index is 0.801. The van der Waals surface area contributed by atoms with Crippen LogP contribution in [0.25, 0.3) is 147 Å². The lowest BCUT2D eigenvalue weighted by Gasteiger charge is -2.33. The van der Waals surface area contributed by atoms with Gasteiger partial charge in [-0.15, -0.1) is 0 Å². The van der Waals surface area contributed by atoms with Gasteiger partial charge in [0.05, 0.1) is 28.1 Å². The van der Waals surface area contributed by atoms with Crippen LogP contribution in [-0.4, -0.2) is 30.1 Å². The Kier molecular flexibility index (Phi) is 13.7. The molecular formula is C92H68N6. The number of hydrogen-bond donors (Lipinski definition) is 0. The zero-order valence-corrected chi connectivity index (χ0v) is 54.7. The average molecular weight is 1260 g/mol. The second-order valence-electron chi connectivity index (χ2n) is 27.0. The highest BCUT2D eigenvalue weighted by Gasteiger charge is 2.52. The maximum atomic E-state index is 5.49. The van der Waals surface area contributed by atoms with E-state index in [1.807, 2.05) is 36.4 Å². The van der Waals surface area contributed by atoms with Gasteiger partial charge in [-0.2, -0.15) is 9.97 Å². The van der Waals surface area contributed by atoms with Gasteiger partial charge in [-0.05, 0) is 168 Å². The molecule has 4 heterocycles. The lowest BCUT2D eigenvalue weighted by atomic mass is 9.74. The van der Waals surface area contributed by atoms with E-state index < -0.39 is 0 Å². The van der Waals surface area contributed by atoms with Crippen molar-refractivity contribution in [1.82, 2.24) is 24.1 Å². The van der Waals surface area contributed by atoms with Crippen LogP contribution in [0.3, 0.4) is 0 Å². The summed E-state index contributed by atoms with van der Waals surface area (Å²) in [4.78, 5) is 18.6. The lowest BCUT2D eigenvalue weighted by molar-refractivity contribution is 0.333. The number of allylic oxidation sites excluding steroid dienone is 6. The predicted octanol–water partition coefficient (Wildman–Crippen LogP) is 23.5. The van der Waals surface area contributed by atoms with Crippen LogP contribution in [0, 0.1) is 17.3 Å². The van der Waals surface area contributed by atoms with E-state index in [1.54, 1.807) is 0 Å². The third-order valence-electron chi connectivity index (χ3n) is 21.3. The second-order valence-corrected chi connectivity index (χ2v) is 27.0. The van der Waals surface area contributed by atoms with Crippen LogP contribution in [0.15, 0.2) is 317 Å². The summed E-state index contributed by atoms with van der Waals surface area (Å²) in [5, 5.41) is 4.80. The van der Waals surface area contributed by atoms with Gasteiger partial charge in [0.25, 0.3) is 0 Å². The van der Waals surface area contributed by atoms with Crippen molar-refractivity contribution >= 4 is 85.2 Å². The van der Waals surface area contributed by atoms with Crippen molar-refractivity contribution in [3.8, 4) is 73.0 Å². The first-order valence-corrected chi connectivity index (χ1v) is 33.8. The highest BCUT2D eigenvalue weighted by atomic mass is 15.3. The zero-order chi connectivity index (χ0) is 65.9. The van der Waals surface area contributed by atoms with Crippen LogP contribution >= 0.6 is 0 Å². The number of hydrogen-bond acceptors (Lipinski definition) is 4. The van der Waals surface area contributed by atoms with E-state index in [-0.39, 0.29) is 29.2 Å². The molecule has 1 saturated carbocycles. The summed E-state index contributed by atoms with van der Waals surface area (Å²) in [7, 11) is 0. The number of anilines is 2. The second kappa shape index (κ2) is 23.0. The largest absolute Gasteiger partial charge is 0.310 e. The van der Waals surface area contributed by atoms with Gasteiger partial charge in [-0.1, -0.05) is 271 Å². The van der Waals surface area contributed by atoms with Crippen molar-refractivity contribution in [2.75, 3.05) is 4.90 Å². The van der Waals surface area contributed by atoms with Gasteiger partial charge in [0.1, 0.15) is 0 Å². The van der Waals surface area contributed by atoms with Gasteiger partial charge in [0.15, 0.2) is 11.6 Å². The molecule has 4 aliphatic rings. The fraction of sp³-hybridized carbons (Fsp3) is 0.0761. The molecule has 466 valence electrons. The van der Waals surface area contributed by atoms with Gasteiger partial charge in [0.2, 0.25) is 5.95 Å². The number of aromatic nitrogens is 5. The third-order valence-corrected chi connectivity index (χ3v) is 21.3. The van der Waals surface area contributed by atoms with Gasteiger partial charge in [-0.3, -0.25) is 0 Å². The normalized spacial score (nSPS) is 17.2. The smallest absolute Gasteiger partial charge is 0.234 e. The van der Waals surface area contributed by atoms with Crippen LogP contribution in [-0.2, 0) is 0 Å². The fourth-order valence-corrected chi connectivity index (χ4v) is 16.1. The average Bonchev–Trinajstić information content (AvgIpc) is 1.55. The van der Waals surface area contributed by atoms with E-state index in [2.05, 4.69) is 321 Å². The Morgan fingerprint density at radius 2 is 0.786 bits per heavy atom. The number of fused-ring (bicyclic) bond motifs is 12. The van der Waals surface area contributed by atoms with E-state index in [0.29, 0.717) is 17.6 Å². The first kappa shape index (κ1) is 58.3. The molecule has 6 heteroatoms. The number of rotatable bonds is 13. The van der Waals surface area contributed by atoms with Gasteiger partial charge >= 0.3 is 0 Å². The molecule has 11 aromatic carbocycles. The minimum atomic E-state index is -0.275. The summed E-state index contributed by atoms with van der Waals surface area (Å²) >= 11 is 0. The van der Waals surface area contributed by atoms with Gasteiger partial charge in [0, 0.05) is 61.6 Å². The molecule has 0 saturated heterocycles. The summed E-state index contributed by atoms with van der Waals surface area (Å²) in [6, 6.07) is 90.2. The molecule has 98 heavy (non-hydrogen) atoms. The topological polar surface area (TPSA) is 51.8 Å². The minimum Gasteiger partial charge on any atom is -0.310 e. The van der Waals surface area contributed by atoms with Crippen LogP contribution in [0.2, 0.25) is 0 Å². The molecule has 14 aromatic rings. The summed E-state index contributed by atoms with van der Waals surface area (Å²) in [5.74, 6) is 2.10. The highest BCUT2D eigenvalue weighted by molar-refractivity contribution is 6.14. The lowest BCUT2D eigenvalue weighted by Crippen LogP contribution is -2.32. The van der Waals surface area contributed by atoms with Crippen molar-refractivity contribution in [3.05, 3.63) is 344 Å². The van der Waals surface area contributed by atoms with Crippen LogP contribution < -0.4 is 4.90 Å². The van der Waals surface area contributed by atoms with Gasteiger partial charge in [-0.25, -0.2) is 4.98 Å². The molecule has 6 nitrogen and oxygen atoms in total. The maximum absolute atomic E-state index is 5.49. The summed E-state index contributed by atoms with van der Waals surface area (Å²) < 4.78 is 4.98. The minimum absolute atomic E-state index is 0.0563. The van der Waals surface area contributed by atoms with E-state index in [1.165, 1.54) is 77.2 Å². The Hall–Kier alpha value is -12.3. The monoisotopic (exact) mass is 1260 g/mol. The zero-order valence-electron chi connectivity index (χ0n) is 54.7. The van der Waals surface area contributed by atoms with Gasteiger partial charge < -0.3 is 14.0 Å². The molecule has 4 atom stereocenters. The fourth-order valence-electron chi connectivity index (χ4n) is 16.1. The quantitative estimate of drug-likeness (QED) is 0.115. The van der Waals surface area contributed by atoms with Crippen LogP contribution in [0.4, 0.5) is 11.6 Å². The first-order valence-electron chi connectivity index (χ1n) is 33.8. The maximum Gasteiger partial charge on any atom is 0.234 e. The number of benzene rings is 11. The molecule has 0 amide bonds. The molecule has 4 unspecified atom stereocenters. The van der Waals surface area contributed by atoms with E-state index >= 15 is 0 Å². The Bertz CT molecular complexity index is 5500.